The lowest BCUT2D eigenvalue weighted by molar-refractivity contribution is 0.0788. The molecule has 1 saturated heterocycles. The van der Waals surface area contributed by atoms with E-state index >= 15 is 0 Å². The van der Waals surface area contributed by atoms with E-state index in [0.29, 0.717) is 5.92 Å². The second-order valence-electron chi connectivity index (χ2n) is 4.15. The molecule has 0 saturated carbocycles. The highest BCUT2D eigenvalue weighted by atomic mass is 127. The normalized spacial score (nSPS) is 20.7. The molecule has 2 nitrogen and oxygen atoms in total. The van der Waals surface area contributed by atoms with E-state index in [-0.39, 0.29) is 5.91 Å². The number of carbonyl (C=O) groups is 1. The summed E-state index contributed by atoms with van der Waals surface area (Å²) < 4.78 is 1.17. The number of hydrogen-bond acceptors (Lipinski definition) is 1. The molecule has 3 heteroatoms. The molecule has 1 heterocycles. The van der Waals surface area contributed by atoms with Gasteiger partial charge in [0.2, 0.25) is 0 Å². The Kier molecular flexibility index (Phi) is 3.29. The van der Waals surface area contributed by atoms with Crippen LogP contribution in [-0.4, -0.2) is 23.9 Å². The molecule has 1 fully saturated rings. The molecule has 1 aromatic rings. The summed E-state index contributed by atoms with van der Waals surface area (Å²) in [4.78, 5) is 14.0. The van der Waals surface area contributed by atoms with Crippen LogP contribution in [-0.2, 0) is 0 Å². The van der Waals surface area contributed by atoms with Crippen molar-refractivity contribution >= 4 is 28.5 Å². The van der Waals surface area contributed by atoms with Gasteiger partial charge in [0.25, 0.3) is 5.91 Å². The molecular weight excluding hydrogens is 301 g/mol. The van der Waals surface area contributed by atoms with Gasteiger partial charge in [-0.05, 0) is 59.2 Å². The summed E-state index contributed by atoms with van der Waals surface area (Å²) in [5, 5.41) is 0. The third kappa shape index (κ3) is 2.51. The largest absolute Gasteiger partial charge is 0.338 e. The Morgan fingerprint density at radius 1 is 1.40 bits per heavy atom. The number of likely N-dealkylation sites (tertiary alicyclic amines) is 1. The number of carbonyl (C=O) groups excluding carboxylic acids is 1. The second kappa shape index (κ2) is 4.51. The second-order valence-corrected chi connectivity index (χ2v) is 5.40. The molecule has 0 spiro atoms. The smallest absolute Gasteiger partial charge is 0.253 e. The van der Waals surface area contributed by atoms with Crippen molar-refractivity contribution in [1.82, 2.24) is 4.90 Å². The number of nitrogens with zero attached hydrogens (tertiary/aromatic N) is 1. The average Bonchev–Trinajstić information content (AvgIpc) is 2.65. The van der Waals surface area contributed by atoms with Gasteiger partial charge in [0.1, 0.15) is 0 Å². The lowest BCUT2D eigenvalue weighted by atomic mass is 10.2. The van der Waals surface area contributed by atoms with Gasteiger partial charge in [-0.1, -0.05) is 6.92 Å². The Hall–Kier alpha value is -0.580. The van der Waals surface area contributed by atoms with Crippen LogP contribution in [0.4, 0.5) is 0 Å². The zero-order valence-corrected chi connectivity index (χ0v) is 10.9. The molecule has 1 aromatic carbocycles. The zero-order chi connectivity index (χ0) is 10.8. The van der Waals surface area contributed by atoms with Crippen molar-refractivity contribution in [3.63, 3.8) is 0 Å². The molecule has 0 aliphatic carbocycles. The summed E-state index contributed by atoms with van der Waals surface area (Å²) >= 11 is 2.25. The van der Waals surface area contributed by atoms with Gasteiger partial charge in [-0.15, -0.1) is 0 Å². The van der Waals surface area contributed by atoms with Gasteiger partial charge in [-0.25, -0.2) is 0 Å². The summed E-state index contributed by atoms with van der Waals surface area (Å²) in [6.45, 7) is 4.01. The van der Waals surface area contributed by atoms with Crippen molar-refractivity contribution < 1.29 is 4.79 Å². The Morgan fingerprint density at radius 3 is 2.60 bits per heavy atom. The van der Waals surface area contributed by atoms with Crippen LogP contribution in [0.3, 0.4) is 0 Å². The Bertz CT molecular complexity index is 360. The quantitative estimate of drug-likeness (QED) is 0.730. The van der Waals surface area contributed by atoms with Crippen LogP contribution in [0.2, 0.25) is 0 Å². The standard InChI is InChI=1S/C12H14INO/c1-9-6-7-14(8-9)12(15)10-2-4-11(13)5-3-10/h2-5,9H,6-8H2,1H3. The highest BCUT2D eigenvalue weighted by molar-refractivity contribution is 14.1. The van der Waals surface area contributed by atoms with Gasteiger partial charge in [0, 0.05) is 22.2 Å². The van der Waals surface area contributed by atoms with E-state index in [9.17, 15) is 4.79 Å². The molecule has 0 aromatic heterocycles. The first kappa shape index (κ1) is 10.9. The Labute approximate surface area is 104 Å². The predicted molar refractivity (Wildman–Crippen MR) is 68.8 cm³/mol. The highest BCUT2D eigenvalue weighted by Crippen LogP contribution is 2.18. The van der Waals surface area contributed by atoms with Gasteiger partial charge in [0.15, 0.2) is 0 Å². The summed E-state index contributed by atoms with van der Waals surface area (Å²) in [7, 11) is 0. The summed E-state index contributed by atoms with van der Waals surface area (Å²) in [5.74, 6) is 0.827. The van der Waals surface area contributed by atoms with Crippen molar-refractivity contribution in [2.24, 2.45) is 5.92 Å². The third-order valence-electron chi connectivity index (χ3n) is 2.80. The minimum absolute atomic E-state index is 0.177. The van der Waals surface area contributed by atoms with Crippen molar-refractivity contribution in [1.29, 1.82) is 0 Å². The van der Waals surface area contributed by atoms with Gasteiger partial charge < -0.3 is 4.90 Å². The van der Waals surface area contributed by atoms with Crippen LogP contribution in [0.25, 0.3) is 0 Å². The van der Waals surface area contributed by atoms with Crippen molar-refractivity contribution in [2.75, 3.05) is 13.1 Å². The Morgan fingerprint density at radius 2 is 2.07 bits per heavy atom. The van der Waals surface area contributed by atoms with Crippen molar-refractivity contribution in [3.05, 3.63) is 33.4 Å². The summed E-state index contributed by atoms with van der Waals surface area (Å²) in [5.41, 5.74) is 0.810. The number of halogens is 1. The maximum absolute atomic E-state index is 12.0. The molecule has 1 aliphatic heterocycles. The highest BCUT2D eigenvalue weighted by Gasteiger charge is 2.23. The minimum Gasteiger partial charge on any atom is -0.338 e. The maximum atomic E-state index is 12.0. The molecule has 1 unspecified atom stereocenters. The third-order valence-corrected chi connectivity index (χ3v) is 3.52. The van der Waals surface area contributed by atoms with Crippen LogP contribution in [0.5, 0.6) is 0 Å². The minimum atomic E-state index is 0.177. The molecule has 15 heavy (non-hydrogen) atoms. The van der Waals surface area contributed by atoms with Crippen LogP contribution in [0, 0.1) is 9.49 Å². The molecular formula is C12H14INO. The van der Waals surface area contributed by atoms with E-state index in [2.05, 4.69) is 29.5 Å². The number of benzene rings is 1. The van der Waals surface area contributed by atoms with E-state index < -0.39 is 0 Å². The first-order valence-corrected chi connectivity index (χ1v) is 6.29. The zero-order valence-electron chi connectivity index (χ0n) is 8.74. The van der Waals surface area contributed by atoms with E-state index in [1.165, 1.54) is 3.57 Å². The number of amides is 1. The fourth-order valence-corrected chi connectivity index (χ4v) is 2.25. The number of hydrogen-bond donors (Lipinski definition) is 0. The van der Waals surface area contributed by atoms with Crippen LogP contribution >= 0.6 is 22.6 Å². The van der Waals surface area contributed by atoms with Crippen molar-refractivity contribution in [3.8, 4) is 0 Å². The average molecular weight is 315 g/mol. The molecule has 0 radical (unpaired) electrons. The van der Waals surface area contributed by atoms with Gasteiger partial charge in [-0.3, -0.25) is 4.79 Å². The Balaban J connectivity index is 2.11. The summed E-state index contributed by atoms with van der Waals surface area (Å²) in [6.07, 6.45) is 1.14. The fourth-order valence-electron chi connectivity index (χ4n) is 1.89. The van der Waals surface area contributed by atoms with E-state index in [4.69, 9.17) is 0 Å². The molecule has 80 valence electrons. The molecule has 0 bridgehead atoms. The molecule has 1 atom stereocenters. The van der Waals surface area contributed by atoms with E-state index in [0.717, 1.165) is 25.1 Å². The maximum Gasteiger partial charge on any atom is 0.253 e. The molecule has 1 amide bonds. The van der Waals surface area contributed by atoms with Crippen molar-refractivity contribution in [2.45, 2.75) is 13.3 Å². The summed E-state index contributed by atoms with van der Waals surface area (Å²) in [6, 6.07) is 7.78. The van der Waals surface area contributed by atoms with Gasteiger partial charge in [-0.2, -0.15) is 0 Å². The van der Waals surface area contributed by atoms with Gasteiger partial charge >= 0.3 is 0 Å². The van der Waals surface area contributed by atoms with Gasteiger partial charge in [0.05, 0.1) is 0 Å². The molecule has 1 aliphatic rings. The van der Waals surface area contributed by atoms with Crippen LogP contribution in [0.15, 0.2) is 24.3 Å². The first-order chi connectivity index (χ1) is 7.16. The van der Waals surface area contributed by atoms with E-state index in [1.807, 2.05) is 29.2 Å². The SMILES string of the molecule is CC1CCN(C(=O)c2ccc(I)cc2)C1. The predicted octanol–water partition coefficient (Wildman–Crippen LogP) is 2.77. The fraction of sp³-hybridized carbons (Fsp3) is 0.417. The van der Waals surface area contributed by atoms with E-state index in [1.54, 1.807) is 0 Å². The monoisotopic (exact) mass is 315 g/mol. The number of rotatable bonds is 1. The van der Waals surface area contributed by atoms with Crippen LogP contribution in [0.1, 0.15) is 23.7 Å². The first-order valence-electron chi connectivity index (χ1n) is 5.21. The lowest BCUT2D eigenvalue weighted by Crippen LogP contribution is -2.28. The molecule has 0 N–H and O–H groups in total. The molecule has 2 rings (SSSR count). The van der Waals surface area contributed by atoms with Crippen LogP contribution < -0.4 is 0 Å². The lowest BCUT2D eigenvalue weighted by Gasteiger charge is -2.15. The topological polar surface area (TPSA) is 20.3 Å².